The van der Waals surface area contributed by atoms with Gasteiger partial charge in [-0.05, 0) is 75.8 Å². The van der Waals surface area contributed by atoms with Gasteiger partial charge in [0.2, 0.25) is 0 Å². The number of piperidine rings is 1. The van der Waals surface area contributed by atoms with Gasteiger partial charge < -0.3 is 14.4 Å². The summed E-state index contributed by atoms with van der Waals surface area (Å²) in [4.78, 5) is 7.02. The third-order valence-electron chi connectivity index (χ3n) is 6.37. The van der Waals surface area contributed by atoms with Crippen molar-refractivity contribution in [3.63, 3.8) is 0 Å². The number of nitrogens with zero attached hydrogens (tertiary/aromatic N) is 2. The summed E-state index contributed by atoms with van der Waals surface area (Å²) >= 11 is 3.65. The number of ether oxygens (including phenoxy) is 2. The zero-order chi connectivity index (χ0) is 21.1. The van der Waals surface area contributed by atoms with Gasteiger partial charge >= 0.3 is 0 Å². The van der Waals surface area contributed by atoms with Crippen molar-refractivity contribution in [2.75, 3.05) is 33.9 Å². The standard InChI is InChI=1S/C25H29BrN2O2/c1-18(23-16-21(26)14-19-6-5-11-27-24(19)23)30-17-25(9-12-28(2)13-10-25)20-7-4-8-22(15-20)29-3/h4-8,11,14-16,18H,9-10,12-13,17H2,1-3H3. The molecule has 1 unspecified atom stereocenters. The SMILES string of the molecule is COc1cccc(C2(COC(C)c3cc(Br)cc4cccnc34)CCN(C)CC2)c1. The molecule has 3 aromatic rings. The van der Waals surface area contributed by atoms with Crippen molar-refractivity contribution in [3.05, 3.63) is 70.3 Å². The Labute approximate surface area is 187 Å². The van der Waals surface area contributed by atoms with E-state index >= 15 is 0 Å². The number of rotatable bonds is 6. The van der Waals surface area contributed by atoms with Crippen LogP contribution in [0.2, 0.25) is 0 Å². The summed E-state index contributed by atoms with van der Waals surface area (Å²) in [6.07, 6.45) is 3.94. The monoisotopic (exact) mass is 468 g/mol. The molecular weight excluding hydrogens is 440 g/mol. The van der Waals surface area contributed by atoms with Gasteiger partial charge in [0, 0.05) is 27.0 Å². The molecule has 5 heteroatoms. The molecule has 0 spiro atoms. The summed E-state index contributed by atoms with van der Waals surface area (Å²) in [5.41, 5.74) is 3.42. The second kappa shape index (κ2) is 9.04. The average Bonchev–Trinajstić information content (AvgIpc) is 2.78. The first-order valence-electron chi connectivity index (χ1n) is 10.5. The summed E-state index contributed by atoms with van der Waals surface area (Å²) in [5, 5.41) is 1.12. The lowest BCUT2D eigenvalue weighted by Gasteiger charge is -2.41. The third-order valence-corrected chi connectivity index (χ3v) is 6.83. The van der Waals surface area contributed by atoms with Crippen LogP contribution in [0.3, 0.4) is 0 Å². The highest BCUT2D eigenvalue weighted by atomic mass is 79.9. The molecule has 1 aliphatic rings. The normalized spacial score (nSPS) is 17.7. The summed E-state index contributed by atoms with van der Waals surface area (Å²) in [6, 6.07) is 16.8. The fourth-order valence-corrected chi connectivity index (χ4v) is 4.88. The van der Waals surface area contributed by atoms with E-state index < -0.39 is 0 Å². The highest BCUT2D eigenvalue weighted by Crippen LogP contribution is 2.39. The lowest BCUT2D eigenvalue weighted by atomic mass is 9.73. The van der Waals surface area contributed by atoms with E-state index in [4.69, 9.17) is 9.47 Å². The summed E-state index contributed by atoms with van der Waals surface area (Å²) in [7, 11) is 3.92. The van der Waals surface area contributed by atoms with Crippen LogP contribution in [0.1, 0.15) is 37.0 Å². The molecule has 158 valence electrons. The van der Waals surface area contributed by atoms with Crippen LogP contribution in [0.5, 0.6) is 5.75 Å². The van der Waals surface area contributed by atoms with Gasteiger partial charge in [-0.1, -0.05) is 34.1 Å². The molecule has 2 aromatic carbocycles. The zero-order valence-corrected chi connectivity index (χ0v) is 19.5. The van der Waals surface area contributed by atoms with Crippen LogP contribution in [0, 0.1) is 0 Å². The number of methoxy groups -OCH3 is 1. The molecule has 0 aliphatic carbocycles. The molecule has 2 heterocycles. The Kier molecular flexibility index (Phi) is 6.42. The van der Waals surface area contributed by atoms with Crippen molar-refractivity contribution in [1.82, 2.24) is 9.88 Å². The first-order chi connectivity index (χ1) is 14.5. The predicted molar refractivity (Wildman–Crippen MR) is 125 cm³/mol. The molecule has 0 saturated carbocycles. The largest absolute Gasteiger partial charge is 0.497 e. The van der Waals surface area contributed by atoms with Gasteiger partial charge in [-0.2, -0.15) is 0 Å². The molecule has 1 fully saturated rings. The minimum atomic E-state index is -0.0537. The Balaban J connectivity index is 1.62. The van der Waals surface area contributed by atoms with E-state index in [1.54, 1.807) is 7.11 Å². The fraction of sp³-hybridized carbons (Fsp3) is 0.400. The molecule has 0 radical (unpaired) electrons. The van der Waals surface area contributed by atoms with Gasteiger partial charge in [0.1, 0.15) is 5.75 Å². The van der Waals surface area contributed by atoms with E-state index in [-0.39, 0.29) is 11.5 Å². The number of halogens is 1. The maximum absolute atomic E-state index is 6.58. The summed E-state index contributed by atoms with van der Waals surface area (Å²) in [5.74, 6) is 0.904. The number of aromatic nitrogens is 1. The number of pyridine rings is 1. The Morgan fingerprint density at radius 1 is 1.13 bits per heavy atom. The minimum absolute atomic E-state index is 0.00937. The fourth-order valence-electron chi connectivity index (χ4n) is 4.38. The van der Waals surface area contributed by atoms with Crippen LogP contribution in [-0.2, 0) is 10.2 Å². The van der Waals surface area contributed by atoms with Crippen molar-refractivity contribution in [2.24, 2.45) is 0 Å². The zero-order valence-electron chi connectivity index (χ0n) is 17.9. The van der Waals surface area contributed by atoms with Crippen molar-refractivity contribution in [2.45, 2.75) is 31.3 Å². The molecule has 30 heavy (non-hydrogen) atoms. The maximum Gasteiger partial charge on any atom is 0.119 e. The highest BCUT2D eigenvalue weighted by molar-refractivity contribution is 9.10. The van der Waals surface area contributed by atoms with Crippen molar-refractivity contribution in [1.29, 1.82) is 0 Å². The molecule has 0 amide bonds. The lowest BCUT2D eigenvalue weighted by Crippen LogP contribution is -2.44. The summed E-state index contributed by atoms with van der Waals surface area (Å²) in [6.45, 7) is 4.94. The van der Waals surface area contributed by atoms with E-state index in [1.165, 1.54) is 5.56 Å². The first-order valence-corrected chi connectivity index (χ1v) is 11.3. The highest BCUT2D eigenvalue weighted by Gasteiger charge is 2.36. The minimum Gasteiger partial charge on any atom is -0.497 e. The Hall–Kier alpha value is -1.95. The van der Waals surface area contributed by atoms with Gasteiger partial charge in [0.15, 0.2) is 0 Å². The molecule has 4 rings (SSSR count). The van der Waals surface area contributed by atoms with Crippen LogP contribution >= 0.6 is 15.9 Å². The number of hydrogen-bond donors (Lipinski definition) is 0. The van der Waals surface area contributed by atoms with Gasteiger partial charge in [0.25, 0.3) is 0 Å². The Bertz CT molecular complexity index is 1010. The molecule has 1 atom stereocenters. The van der Waals surface area contributed by atoms with Crippen molar-refractivity contribution < 1.29 is 9.47 Å². The van der Waals surface area contributed by atoms with E-state index in [0.717, 1.165) is 52.6 Å². The van der Waals surface area contributed by atoms with Gasteiger partial charge in [-0.25, -0.2) is 0 Å². The van der Waals surface area contributed by atoms with Crippen molar-refractivity contribution >= 4 is 26.8 Å². The number of fused-ring (bicyclic) bond motifs is 1. The van der Waals surface area contributed by atoms with Crippen LogP contribution in [0.4, 0.5) is 0 Å². The predicted octanol–water partition coefficient (Wildman–Crippen LogP) is 5.75. The van der Waals surface area contributed by atoms with Crippen LogP contribution in [-0.4, -0.2) is 43.7 Å². The van der Waals surface area contributed by atoms with E-state index in [1.807, 2.05) is 18.3 Å². The van der Waals surface area contributed by atoms with Crippen molar-refractivity contribution in [3.8, 4) is 5.75 Å². The van der Waals surface area contributed by atoms with E-state index in [9.17, 15) is 0 Å². The summed E-state index contributed by atoms with van der Waals surface area (Å²) < 4.78 is 13.1. The third kappa shape index (κ3) is 4.39. The molecular formula is C25H29BrN2O2. The lowest BCUT2D eigenvalue weighted by molar-refractivity contribution is 0.00691. The maximum atomic E-state index is 6.58. The van der Waals surface area contributed by atoms with Crippen LogP contribution in [0.25, 0.3) is 10.9 Å². The quantitative estimate of drug-likeness (QED) is 0.461. The molecule has 4 nitrogen and oxygen atoms in total. The molecule has 1 saturated heterocycles. The Morgan fingerprint density at radius 2 is 1.93 bits per heavy atom. The molecule has 0 bridgehead atoms. The van der Waals surface area contributed by atoms with Crippen LogP contribution in [0.15, 0.2) is 59.2 Å². The topological polar surface area (TPSA) is 34.6 Å². The molecule has 1 aromatic heterocycles. The number of likely N-dealkylation sites (tertiary alicyclic amines) is 1. The Morgan fingerprint density at radius 3 is 2.70 bits per heavy atom. The van der Waals surface area contributed by atoms with E-state index in [2.05, 4.69) is 76.2 Å². The first kappa shape index (κ1) is 21.3. The van der Waals surface area contributed by atoms with E-state index in [0.29, 0.717) is 6.61 Å². The second-order valence-electron chi connectivity index (χ2n) is 8.34. The van der Waals surface area contributed by atoms with Gasteiger partial charge in [-0.15, -0.1) is 0 Å². The smallest absolute Gasteiger partial charge is 0.119 e. The molecule has 0 N–H and O–H groups in total. The average molecular weight is 469 g/mol. The molecule has 1 aliphatic heterocycles. The van der Waals surface area contributed by atoms with Crippen LogP contribution < -0.4 is 4.74 Å². The van der Waals surface area contributed by atoms with Gasteiger partial charge in [-0.3, -0.25) is 4.98 Å². The second-order valence-corrected chi connectivity index (χ2v) is 9.25. The number of hydrogen-bond acceptors (Lipinski definition) is 4. The number of benzene rings is 2. The van der Waals surface area contributed by atoms with Gasteiger partial charge in [0.05, 0.1) is 25.3 Å².